The van der Waals surface area contributed by atoms with Crippen molar-refractivity contribution in [2.75, 3.05) is 19.7 Å². The summed E-state index contributed by atoms with van der Waals surface area (Å²) in [5.74, 6) is 0.857. The van der Waals surface area contributed by atoms with Crippen LogP contribution >= 0.6 is 0 Å². The molecule has 0 amide bonds. The van der Waals surface area contributed by atoms with Gasteiger partial charge in [-0.05, 0) is 50.5 Å². The molecule has 27 heavy (non-hydrogen) atoms. The Balaban J connectivity index is 1.57. The number of rotatable bonds is 8. The summed E-state index contributed by atoms with van der Waals surface area (Å²) >= 11 is 0. The van der Waals surface area contributed by atoms with E-state index in [2.05, 4.69) is 34.5 Å². The molecule has 0 radical (unpaired) electrons. The second kappa shape index (κ2) is 10.1. The molecule has 6 heteroatoms. The fraction of sp³-hybridized carbons (Fsp3) is 0.810. The first-order valence-electron chi connectivity index (χ1n) is 10.9. The summed E-state index contributed by atoms with van der Waals surface area (Å²) in [6.45, 7) is 4.69. The smallest absolute Gasteiger partial charge is 0.191 e. The lowest BCUT2D eigenvalue weighted by Gasteiger charge is -2.37. The highest BCUT2D eigenvalue weighted by Crippen LogP contribution is 2.38. The SMILES string of the molecule is CCNC(=NCc1ccn(C2CCCC2)n1)NCC1(CCO)CCCCC1. The quantitative estimate of drug-likeness (QED) is 0.481. The number of aliphatic imine (C=N–C) groups is 1. The van der Waals surface area contributed by atoms with Gasteiger partial charge < -0.3 is 15.7 Å². The largest absolute Gasteiger partial charge is 0.396 e. The van der Waals surface area contributed by atoms with Gasteiger partial charge in [0.05, 0.1) is 18.3 Å². The number of nitrogens with one attached hydrogen (secondary N) is 2. The van der Waals surface area contributed by atoms with Gasteiger partial charge >= 0.3 is 0 Å². The standard InChI is InChI=1S/C21H37N5O/c1-2-22-20(24-17-21(13-15-27)11-6-3-7-12-21)23-16-18-10-14-26(25-18)19-8-4-5-9-19/h10,14,19,27H,2-9,11-13,15-17H2,1H3,(H2,22,23,24). The molecule has 1 aromatic rings. The lowest BCUT2D eigenvalue weighted by Crippen LogP contribution is -2.45. The van der Waals surface area contributed by atoms with Crippen LogP contribution in [0.15, 0.2) is 17.3 Å². The molecule has 3 N–H and O–H groups in total. The molecular weight excluding hydrogens is 338 g/mol. The summed E-state index contributed by atoms with van der Waals surface area (Å²) in [5.41, 5.74) is 1.25. The predicted molar refractivity (Wildman–Crippen MR) is 110 cm³/mol. The Morgan fingerprint density at radius 1 is 1.22 bits per heavy atom. The van der Waals surface area contributed by atoms with Gasteiger partial charge in [-0.1, -0.05) is 32.1 Å². The summed E-state index contributed by atoms with van der Waals surface area (Å²) in [5, 5.41) is 21.1. The monoisotopic (exact) mass is 375 g/mol. The first-order chi connectivity index (χ1) is 13.2. The Morgan fingerprint density at radius 2 is 2.00 bits per heavy atom. The van der Waals surface area contributed by atoms with E-state index < -0.39 is 0 Å². The van der Waals surface area contributed by atoms with Crippen molar-refractivity contribution in [2.45, 2.75) is 83.7 Å². The lowest BCUT2D eigenvalue weighted by atomic mass is 9.72. The van der Waals surface area contributed by atoms with Gasteiger partial charge in [-0.25, -0.2) is 4.99 Å². The molecular formula is C21H37N5O. The number of hydrogen-bond acceptors (Lipinski definition) is 3. The zero-order valence-corrected chi connectivity index (χ0v) is 16.9. The average molecular weight is 376 g/mol. The molecule has 0 atom stereocenters. The van der Waals surface area contributed by atoms with Crippen LogP contribution in [0.5, 0.6) is 0 Å². The van der Waals surface area contributed by atoms with Gasteiger partial charge in [0, 0.05) is 25.9 Å². The molecule has 0 aromatic carbocycles. The van der Waals surface area contributed by atoms with Crippen molar-refractivity contribution >= 4 is 5.96 Å². The minimum absolute atomic E-state index is 0.216. The van der Waals surface area contributed by atoms with Gasteiger partial charge in [-0.2, -0.15) is 5.10 Å². The molecule has 0 unspecified atom stereocenters. The Labute approximate surface area is 163 Å². The van der Waals surface area contributed by atoms with Crippen LogP contribution < -0.4 is 10.6 Å². The molecule has 0 spiro atoms. The van der Waals surface area contributed by atoms with Gasteiger partial charge in [-0.3, -0.25) is 4.68 Å². The molecule has 0 saturated heterocycles. The van der Waals surface area contributed by atoms with Crippen LogP contribution in [0.1, 0.15) is 82.9 Å². The second-order valence-electron chi connectivity index (χ2n) is 8.31. The summed E-state index contributed by atoms with van der Waals surface area (Å²) in [6.07, 6.45) is 14.4. The van der Waals surface area contributed by atoms with Crippen LogP contribution in [0.25, 0.3) is 0 Å². The Hall–Kier alpha value is -1.56. The number of aromatic nitrogens is 2. The zero-order chi connectivity index (χ0) is 19.0. The fourth-order valence-corrected chi connectivity index (χ4v) is 4.66. The van der Waals surface area contributed by atoms with Crippen LogP contribution in [0.4, 0.5) is 0 Å². The van der Waals surface area contributed by atoms with E-state index in [-0.39, 0.29) is 12.0 Å². The molecule has 2 fully saturated rings. The Kier molecular flexibility index (Phi) is 7.56. The zero-order valence-electron chi connectivity index (χ0n) is 16.9. The first kappa shape index (κ1) is 20.2. The molecule has 6 nitrogen and oxygen atoms in total. The molecule has 2 saturated carbocycles. The van der Waals surface area contributed by atoms with Crippen LogP contribution in [0, 0.1) is 5.41 Å². The number of nitrogens with zero attached hydrogens (tertiary/aromatic N) is 3. The number of hydrogen-bond donors (Lipinski definition) is 3. The van der Waals surface area contributed by atoms with E-state index in [0.29, 0.717) is 12.6 Å². The average Bonchev–Trinajstić information content (AvgIpc) is 3.36. The maximum absolute atomic E-state index is 9.51. The molecule has 0 bridgehead atoms. The van der Waals surface area contributed by atoms with E-state index >= 15 is 0 Å². The van der Waals surface area contributed by atoms with E-state index in [1.54, 1.807) is 0 Å². The summed E-state index contributed by atoms with van der Waals surface area (Å²) in [4.78, 5) is 4.76. The lowest BCUT2D eigenvalue weighted by molar-refractivity contribution is 0.131. The van der Waals surface area contributed by atoms with Crippen molar-refractivity contribution in [3.8, 4) is 0 Å². The van der Waals surface area contributed by atoms with Crippen molar-refractivity contribution < 1.29 is 5.11 Å². The van der Waals surface area contributed by atoms with Gasteiger partial charge in [0.2, 0.25) is 0 Å². The third-order valence-electron chi connectivity index (χ3n) is 6.29. The van der Waals surface area contributed by atoms with Crippen LogP contribution in [-0.4, -0.2) is 40.5 Å². The maximum Gasteiger partial charge on any atom is 0.191 e. The van der Waals surface area contributed by atoms with Gasteiger partial charge in [0.15, 0.2) is 5.96 Å². The molecule has 2 aliphatic rings. The minimum atomic E-state index is 0.216. The van der Waals surface area contributed by atoms with E-state index in [0.717, 1.165) is 31.2 Å². The van der Waals surface area contributed by atoms with Crippen LogP contribution in [0.3, 0.4) is 0 Å². The van der Waals surface area contributed by atoms with E-state index in [1.165, 1.54) is 57.8 Å². The topological polar surface area (TPSA) is 74.5 Å². The highest BCUT2D eigenvalue weighted by molar-refractivity contribution is 5.79. The molecule has 3 rings (SSSR count). The summed E-state index contributed by atoms with van der Waals surface area (Å²) in [7, 11) is 0. The molecule has 1 aromatic heterocycles. The summed E-state index contributed by atoms with van der Waals surface area (Å²) in [6, 6.07) is 2.68. The van der Waals surface area contributed by atoms with Gasteiger partial charge in [0.25, 0.3) is 0 Å². The number of aliphatic hydroxyl groups is 1. The van der Waals surface area contributed by atoms with E-state index in [1.807, 2.05) is 0 Å². The molecule has 2 aliphatic carbocycles. The minimum Gasteiger partial charge on any atom is -0.396 e. The third-order valence-corrected chi connectivity index (χ3v) is 6.29. The maximum atomic E-state index is 9.51. The fourth-order valence-electron chi connectivity index (χ4n) is 4.66. The van der Waals surface area contributed by atoms with Crippen LogP contribution in [0.2, 0.25) is 0 Å². The van der Waals surface area contributed by atoms with Gasteiger partial charge in [-0.15, -0.1) is 0 Å². The molecule has 1 heterocycles. The normalized spacial score (nSPS) is 20.7. The van der Waals surface area contributed by atoms with Crippen molar-refractivity contribution in [2.24, 2.45) is 10.4 Å². The Bertz CT molecular complexity index is 580. The number of aliphatic hydroxyl groups excluding tert-OH is 1. The predicted octanol–water partition coefficient (Wildman–Crippen LogP) is 3.39. The van der Waals surface area contributed by atoms with E-state index in [9.17, 15) is 5.11 Å². The van der Waals surface area contributed by atoms with Crippen molar-refractivity contribution in [1.29, 1.82) is 0 Å². The molecule has 0 aliphatic heterocycles. The first-order valence-corrected chi connectivity index (χ1v) is 10.9. The number of guanidine groups is 1. The highest BCUT2D eigenvalue weighted by atomic mass is 16.3. The third kappa shape index (κ3) is 5.71. The van der Waals surface area contributed by atoms with E-state index in [4.69, 9.17) is 10.1 Å². The van der Waals surface area contributed by atoms with Gasteiger partial charge in [0.1, 0.15) is 0 Å². The van der Waals surface area contributed by atoms with Crippen molar-refractivity contribution in [1.82, 2.24) is 20.4 Å². The molecule has 152 valence electrons. The highest BCUT2D eigenvalue weighted by Gasteiger charge is 2.31. The van der Waals surface area contributed by atoms with Crippen molar-refractivity contribution in [3.05, 3.63) is 18.0 Å². The second-order valence-corrected chi connectivity index (χ2v) is 8.31. The van der Waals surface area contributed by atoms with Crippen LogP contribution in [-0.2, 0) is 6.54 Å². The summed E-state index contributed by atoms with van der Waals surface area (Å²) < 4.78 is 2.14. The Morgan fingerprint density at radius 3 is 2.70 bits per heavy atom. The van der Waals surface area contributed by atoms with Crippen molar-refractivity contribution in [3.63, 3.8) is 0 Å².